The van der Waals surface area contributed by atoms with E-state index in [4.69, 9.17) is 9.78 Å². The van der Waals surface area contributed by atoms with Gasteiger partial charge in [-0.25, -0.2) is 4.98 Å². The Hall–Kier alpha value is -2.33. The lowest BCUT2D eigenvalue weighted by atomic mass is 10.2. The van der Waals surface area contributed by atoms with E-state index in [9.17, 15) is 4.79 Å². The number of nitrogens with zero attached hydrogens (tertiary/aromatic N) is 4. The van der Waals surface area contributed by atoms with Gasteiger partial charge in [-0.3, -0.25) is 4.79 Å². The van der Waals surface area contributed by atoms with Crippen LogP contribution >= 0.6 is 11.8 Å². The number of hydrogen-bond acceptors (Lipinski definition) is 6. The van der Waals surface area contributed by atoms with Gasteiger partial charge in [0.1, 0.15) is 17.3 Å². The third kappa shape index (κ3) is 3.86. The molecule has 1 amide bonds. The number of nitriles is 1. The molecule has 0 bridgehead atoms. The Morgan fingerprint density at radius 1 is 1.55 bits per heavy atom. The highest BCUT2D eigenvalue weighted by atomic mass is 32.2. The third-order valence-corrected chi connectivity index (χ3v) is 4.00. The van der Waals surface area contributed by atoms with E-state index in [-0.39, 0.29) is 12.5 Å². The van der Waals surface area contributed by atoms with E-state index in [2.05, 4.69) is 10.1 Å². The summed E-state index contributed by atoms with van der Waals surface area (Å²) in [6, 6.07) is 7.31. The quantitative estimate of drug-likeness (QED) is 0.602. The van der Waals surface area contributed by atoms with Crippen molar-refractivity contribution in [3.63, 3.8) is 0 Å². The first kappa shape index (κ1) is 16.0. The first-order chi connectivity index (χ1) is 10.7. The first-order valence-electron chi connectivity index (χ1n) is 6.82. The predicted octanol–water partition coefficient (Wildman–Crippen LogP) is 2.66. The van der Waals surface area contributed by atoms with Crippen LogP contribution in [0.3, 0.4) is 0 Å². The van der Waals surface area contributed by atoms with E-state index in [1.54, 1.807) is 18.3 Å². The summed E-state index contributed by atoms with van der Waals surface area (Å²) in [7, 11) is 0. The van der Waals surface area contributed by atoms with Crippen LogP contribution in [0, 0.1) is 18.3 Å². The summed E-state index contributed by atoms with van der Waals surface area (Å²) in [4.78, 5) is 18.2. The predicted molar refractivity (Wildman–Crippen MR) is 82.2 cm³/mol. The van der Waals surface area contributed by atoms with Gasteiger partial charge in [0.05, 0.1) is 17.3 Å². The molecule has 0 N–H and O–H groups in total. The average molecular weight is 316 g/mol. The van der Waals surface area contributed by atoms with E-state index in [1.807, 2.05) is 26.0 Å². The summed E-state index contributed by atoms with van der Waals surface area (Å²) in [6.07, 6.45) is 1.65. The van der Waals surface area contributed by atoms with Crippen LogP contribution in [0.4, 0.5) is 0 Å². The minimum atomic E-state index is -0.184. The molecule has 2 aromatic heterocycles. The van der Waals surface area contributed by atoms with Crippen LogP contribution in [0.25, 0.3) is 0 Å². The fourth-order valence-electron chi connectivity index (χ4n) is 1.88. The van der Waals surface area contributed by atoms with Gasteiger partial charge in [-0.05, 0) is 26.0 Å². The molecular formula is C15H16N4O2S. The zero-order chi connectivity index (χ0) is 15.9. The van der Waals surface area contributed by atoms with Crippen molar-refractivity contribution < 1.29 is 9.32 Å². The Morgan fingerprint density at radius 3 is 3.00 bits per heavy atom. The van der Waals surface area contributed by atoms with Crippen molar-refractivity contribution in [2.45, 2.75) is 24.6 Å². The van der Waals surface area contributed by atoms with Gasteiger partial charge < -0.3 is 9.42 Å². The maximum absolute atomic E-state index is 12.5. The number of hydrogen-bond donors (Lipinski definition) is 0. The maximum atomic E-state index is 12.5. The highest BCUT2D eigenvalue weighted by molar-refractivity contribution is 7.98. The second-order valence-corrected chi connectivity index (χ2v) is 5.52. The standard InChI is InChI=1S/C15H16N4O2S/c1-3-19(8-6-16)15(20)13-5-4-7-17-14(13)22-10-12-9-11(2)21-18-12/h4-5,7,9H,3,8,10H2,1-2H3. The molecule has 22 heavy (non-hydrogen) atoms. The Labute approximate surface area is 133 Å². The molecule has 2 heterocycles. The largest absolute Gasteiger partial charge is 0.361 e. The van der Waals surface area contributed by atoms with Crippen LogP contribution in [0.1, 0.15) is 28.7 Å². The number of amides is 1. The van der Waals surface area contributed by atoms with Crippen molar-refractivity contribution in [3.8, 4) is 6.07 Å². The minimum Gasteiger partial charge on any atom is -0.361 e. The van der Waals surface area contributed by atoms with E-state index in [0.29, 0.717) is 22.9 Å². The Bertz CT molecular complexity index is 693. The number of rotatable bonds is 6. The fourth-order valence-corrected chi connectivity index (χ4v) is 2.75. The molecule has 0 saturated heterocycles. The monoisotopic (exact) mass is 316 g/mol. The second kappa shape index (κ2) is 7.61. The third-order valence-electron chi connectivity index (χ3n) is 2.97. The van der Waals surface area contributed by atoms with Gasteiger partial charge in [-0.2, -0.15) is 5.26 Å². The van der Waals surface area contributed by atoms with Gasteiger partial charge >= 0.3 is 0 Å². The zero-order valence-electron chi connectivity index (χ0n) is 12.4. The summed E-state index contributed by atoms with van der Waals surface area (Å²) in [5.41, 5.74) is 1.31. The molecule has 0 radical (unpaired) electrons. The molecule has 0 atom stereocenters. The van der Waals surface area contributed by atoms with Gasteiger partial charge in [0.25, 0.3) is 5.91 Å². The molecule has 2 aromatic rings. The van der Waals surface area contributed by atoms with Crippen LogP contribution < -0.4 is 0 Å². The van der Waals surface area contributed by atoms with Crippen LogP contribution in [0.15, 0.2) is 33.9 Å². The summed E-state index contributed by atoms with van der Waals surface area (Å²) in [6.45, 7) is 4.22. The molecule has 0 aliphatic heterocycles. The van der Waals surface area contributed by atoms with Crippen molar-refractivity contribution in [2.75, 3.05) is 13.1 Å². The minimum absolute atomic E-state index is 0.0663. The number of aromatic nitrogens is 2. The Balaban J connectivity index is 2.15. The number of carbonyl (C=O) groups excluding carboxylic acids is 1. The van der Waals surface area contributed by atoms with Gasteiger partial charge in [0.2, 0.25) is 0 Å². The summed E-state index contributed by atoms with van der Waals surface area (Å²) < 4.78 is 5.02. The molecule has 0 saturated carbocycles. The van der Waals surface area contributed by atoms with E-state index in [0.717, 1.165) is 11.5 Å². The average Bonchev–Trinajstić information content (AvgIpc) is 2.96. The molecular weight excluding hydrogens is 300 g/mol. The Morgan fingerprint density at radius 2 is 2.36 bits per heavy atom. The molecule has 0 spiro atoms. The van der Waals surface area contributed by atoms with Crippen molar-refractivity contribution in [2.24, 2.45) is 0 Å². The molecule has 6 nitrogen and oxygen atoms in total. The summed E-state index contributed by atoms with van der Waals surface area (Å²) in [5, 5.41) is 13.4. The van der Waals surface area contributed by atoms with E-state index >= 15 is 0 Å². The number of pyridine rings is 1. The molecule has 0 aromatic carbocycles. The summed E-state index contributed by atoms with van der Waals surface area (Å²) in [5.74, 6) is 1.13. The molecule has 2 rings (SSSR count). The van der Waals surface area contributed by atoms with E-state index < -0.39 is 0 Å². The molecule has 0 fully saturated rings. The normalized spacial score (nSPS) is 10.2. The van der Waals surface area contributed by atoms with Gasteiger partial charge in [-0.1, -0.05) is 16.9 Å². The lowest BCUT2D eigenvalue weighted by molar-refractivity contribution is 0.0780. The van der Waals surface area contributed by atoms with Crippen LogP contribution in [0.2, 0.25) is 0 Å². The smallest absolute Gasteiger partial charge is 0.257 e. The van der Waals surface area contributed by atoms with Crippen molar-refractivity contribution >= 4 is 17.7 Å². The number of aryl methyl sites for hydroxylation is 1. The van der Waals surface area contributed by atoms with Crippen molar-refractivity contribution in [3.05, 3.63) is 41.4 Å². The zero-order valence-corrected chi connectivity index (χ0v) is 13.3. The highest BCUT2D eigenvalue weighted by Crippen LogP contribution is 2.25. The van der Waals surface area contributed by atoms with Gasteiger partial charge in [0.15, 0.2) is 0 Å². The maximum Gasteiger partial charge on any atom is 0.257 e. The first-order valence-corrected chi connectivity index (χ1v) is 7.80. The Kier molecular flexibility index (Phi) is 5.55. The second-order valence-electron chi connectivity index (χ2n) is 4.55. The van der Waals surface area contributed by atoms with Crippen LogP contribution in [-0.2, 0) is 5.75 Å². The SMILES string of the molecule is CCN(CC#N)C(=O)c1cccnc1SCc1cc(C)on1. The number of carbonyl (C=O) groups is 1. The van der Waals surface area contributed by atoms with Gasteiger partial charge in [-0.15, -0.1) is 0 Å². The molecule has 0 aliphatic carbocycles. The molecule has 0 aliphatic rings. The van der Waals surface area contributed by atoms with Crippen LogP contribution in [0.5, 0.6) is 0 Å². The van der Waals surface area contributed by atoms with Gasteiger partial charge in [0, 0.05) is 24.6 Å². The molecule has 7 heteroatoms. The fraction of sp³-hybridized carbons (Fsp3) is 0.333. The number of thioether (sulfide) groups is 1. The topological polar surface area (TPSA) is 83.0 Å². The van der Waals surface area contributed by atoms with Crippen molar-refractivity contribution in [1.29, 1.82) is 5.26 Å². The van der Waals surface area contributed by atoms with Crippen molar-refractivity contribution in [1.82, 2.24) is 15.0 Å². The lowest BCUT2D eigenvalue weighted by Gasteiger charge is -2.18. The van der Waals surface area contributed by atoms with E-state index in [1.165, 1.54) is 16.7 Å². The molecule has 114 valence electrons. The van der Waals surface area contributed by atoms with Crippen LogP contribution in [-0.4, -0.2) is 34.0 Å². The molecule has 0 unspecified atom stereocenters. The highest BCUT2D eigenvalue weighted by Gasteiger charge is 2.18. The summed E-state index contributed by atoms with van der Waals surface area (Å²) >= 11 is 1.42. The lowest BCUT2D eigenvalue weighted by Crippen LogP contribution is -2.31.